The highest BCUT2D eigenvalue weighted by atomic mass is 35.5. The Morgan fingerprint density at radius 2 is 2.00 bits per heavy atom. The molecule has 1 aromatic carbocycles. The first kappa shape index (κ1) is 14.7. The maximum Gasteiger partial charge on any atom is 0.255 e. The molecule has 0 aromatic heterocycles. The quantitative estimate of drug-likeness (QED) is 0.933. The van der Waals surface area contributed by atoms with Crippen LogP contribution in [0, 0.1) is 0 Å². The Morgan fingerprint density at radius 1 is 1.33 bits per heavy atom. The number of piperidine rings is 1. The third-order valence-corrected chi connectivity index (χ3v) is 5.07. The first-order valence-corrected chi connectivity index (χ1v) is 7.82. The maximum absolute atomic E-state index is 12.5. The highest BCUT2D eigenvalue weighted by Crippen LogP contribution is 2.34. The van der Waals surface area contributed by atoms with Gasteiger partial charge in [-0.3, -0.25) is 4.79 Å². The van der Waals surface area contributed by atoms with Crippen molar-refractivity contribution in [1.29, 1.82) is 0 Å². The van der Waals surface area contributed by atoms with E-state index < -0.39 is 0 Å². The van der Waals surface area contributed by atoms with Gasteiger partial charge in [-0.15, -0.1) is 0 Å². The summed E-state index contributed by atoms with van der Waals surface area (Å²) in [5.41, 5.74) is 0.510. The lowest BCUT2D eigenvalue weighted by Gasteiger charge is -2.36. The Kier molecular flexibility index (Phi) is 4.09. The van der Waals surface area contributed by atoms with Crippen molar-refractivity contribution in [3.05, 3.63) is 28.8 Å². The van der Waals surface area contributed by atoms with Crippen molar-refractivity contribution in [3.63, 3.8) is 0 Å². The molecular formula is C16H21ClN2O2. The highest BCUT2D eigenvalue weighted by Gasteiger charge is 2.38. The molecule has 2 heterocycles. The van der Waals surface area contributed by atoms with E-state index >= 15 is 0 Å². The monoisotopic (exact) mass is 308 g/mol. The van der Waals surface area contributed by atoms with Crippen LogP contribution in [0.1, 0.15) is 36.0 Å². The van der Waals surface area contributed by atoms with E-state index in [4.69, 9.17) is 16.3 Å². The maximum atomic E-state index is 12.5. The molecule has 2 saturated heterocycles. The van der Waals surface area contributed by atoms with Crippen molar-refractivity contribution in [3.8, 4) is 5.75 Å². The number of carbonyl (C=O) groups excluding carboxylic acids is 1. The number of rotatable bonds is 3. The van der Waals surface area contributed by atoms with E-state index in [1.807, 2.05) is 0 Å². The van der Waals surface area contributed by atoms with E-state index in [1.165, 1.54) is 12.8 Å². The summed E-state index contributed by atoms with van der Waals surface area (Å²) < 4.78 is 5.25. The minimum absolute atomic E-state index is 0.0942. The van der Waals surface area contributed by atoms with Gasteiger partial charge in [-0.05, 0) is 50.9 Å². The Hall–Kier alpha value is -1.26. The standard InChI is InChI=1S/C16H21ClN2O2/c1-19-12-4-5-13(19)9-11(8-12)18-16(20)14-7-10(17)3-6-15(14)21-2/h3,6-7,11-13H,4-5,8-9H2,1-2H3,(H,18,20). The van der Waals surface area contributed by atoms with Crippen LogP contribution in [0.15, 0.2) is 18.2 Å². The van der Waals surface area contributed by atoms with E-state index in [0.29, 0.717) is 28.4 Å². The summed E-state index contributed by atoms with van der Waals surface area (Å²) in [6.45, 7) is 0. The summed E-state index contributed by atoms with van der Waals surface area (Å²) in [6.07, 6.45) is 4.55. The number of ether oxygens (including phenoxy) is 1. The largest absolute Gasteiger partial charge is 0.496 e. The number of halogens is 1. The van der Waals surface area contributed by atoms with Crippen molar-refractivity contribution in [2.75, 3.05) is 14.2 Å². The van der Waals surface area contributed by atoms with Gasteiger partial charge in [0.05, 0.1) is 12.7 Å². The number of nitrogens with one attached hydrogen (secondary N) is 1. The number of carbonyl (C=O) groups is 1. The molecule has 21 heavy (non-hydrogen) atoms. The predicted molar refractivity (Wildman–Crippen MR) is 83.1 cm³/mol. The van der Waals surface area contributed by atoms with Gasteiger partial charge >= 0.3 is 0 Å². The molecule has 2 fully saturated rings. The molecule has 2 unspecified atom stereocenters. The van der Waals surface area contributed by atoms with E-state index in [2.05, 4.69) is 17.3 Å². The topological polar surface area (TPSA) is 41.6 Å². The van der Waals surface area contributed by atoms with Gasteiger partial charge in [-0.1, -0.05) is 11.6 Å². The number of fused-ring (bicyclic) bond motifs is 2. The van der Waals surface area contributed by atoms with Crippen molar-refractivity contribution < 1.29 is 9.53 Å². The zero-order valence-electron chi connectivity index (χ0n) is 12.4. The number of amides is 1. The summed E-state index contributed by atoms with van der Waals surface area (Å²) in [7, 11) is 3.76. The molecule has 5 heteroatoms. The second kappa shape index (κ2) is 5.85. The zero-order chi connectivity index (χ0) is 15.0. The zero-order valence-corrected chi connectivity index (χ0v) is 13.2. The molecule has 1 N–H and O–H groups in total. The normalized spacial score (nSPS) is 28.4. The Morgan fingerprint density at radius 3 is 2.62 bits per heavy atom. The number of hydrogen-bond donors (Lipinski definition) is 1. The lowest BCUT2D eigenvalue weighted by molar-refractivity contribution is 0.0879. The van der Waals surface area contributed by atoms with Crippen LogP contribution in [0.5, 0.6) is 5.75 Å². The SMILES string of the molecule is COc1ccc(Cl)cc1C(=O)NC1CC2CCC(C1)N2C. The van der Waals surface area contributed by atoms with Crippen LogP contribution in [0.25, 0.3) is 0 Å². The van der Waals surface area contributed by atoms with Crippen LogP contribution < -0.4 is 10.1 Å². The molecule has 0 spiro atoms. The molecule has 2 aliphatic rings. The Bertz CT molecular complexity index is 535. The van der Waals surface area contributed by atoms with Crippen molar-refractivity contribution in [2.24, 2.45) is 0 Å². The lowest BCUT2D eigenvalue weighted by atomic mass is 9.97. The first-order valence-electron chi connectivity index (χ1n) is 7.45. The van der Waals surface area contributed by atoms with Crippen LogP contribution in [-0.2, 0) is 0 Å². The van der Waals surface area contributed by atoms with Crippen LogP contribution in [0.3, 0.4) is 0 Å². The molecule has 2 aliphatic heterocycles. The summed E-state index contributed by atoms with van der Waals surface area (Å²) in [5, 5.41) is 3.70. The minimum atomic E-state index is -0.0942. The van der Waals surface area contributed by atoms with Gasteiger partial charge in [0.25, 0.3) is 5.91 Å². The Balaban J connectivity index is 1.71. The average molecular weight is 309 g/mol. The average Bonchev–Trinajstić information content (AvgIpc) is 2.69. The Labute approximate surface area is 130 Å². The predicted octanol–water partition coefficient (Wildman–Crippen LogP) is 2.70. The highest BCUT2D eigenvalue weighted by molar-refractivity contribution is 6.31. The number of methoxy groups -OCH3 is 1. The molecule has 0 saturated carbocycles. The molecule has 2 bridgehead atoms. The lowest BCUT2D eigenvalue weighted by Crippen LogP contribution is -2.48. The van der Waals surface area contributed by atoms with Crippen LogP contribution >= 0.6 is 11.6 Å². The van der Waals surface area contributed by atoms with E-state index in [0.717, 1.165) is 12.8 Å². The molecule has 4 nitrogen and oxygen atoms in total. The van der Waals surface area contributed by atoms with Crippen molar-refractivity contribution >= 4 is 17.5 Å². The molecule has 3 rings (SSSR count). The first-order chi connectivity index (χ1) is 10.1. The van der Waals surface area contributed by atoms with Gasteiger partial charge in [0.15, 0.2) is 0 Å². The third kappa shape index (κ3) is 2.87. The fraction of sp³-hybridized carbons (Fsp3) is 0.562. The number of benzene rings is 1. The molecule has 1 amide bonds. The minimum Gasteiger partial charge on any atom is -0.496 e. The summed E-state index contributed by atoms with van der Waals surface area (Å²) in [6, 6.07) is 6.59. The van der Waals surface area contributed by atoms with Crippen molar-refractivity contribution in [2.45, 2.75) is 43.8 Å². The number of nitrogens with zero attached hydrogens (tertiary/aromatic N) is 1. The second-order valence-corrected chi connectivity index (χ2v) is 6.47. The van der Waals surface area contributed by atoms with Gasteiger partial charge in [-0.2, -0.15) is 0 Å². The van der Waals surface area contributed by atoms with Gasteiger partial charge in [0.2, 0.25) is 0 Å². The molecule has 2 atom stereocenters. The molecule has 0 aliphatic carbocycles. The van der Waals surface area contributed by atoms with Gasteiger partial charge in [0.1, 0.15) is 5.75 Å². The number of hydrogen-bond acceptors (Lipinski definition) is 3. The van der Waals surface area contributed by atoms with E-state index in [1.54, 1.807) is 25.3 Å². The second-order valence-electron chi connectivity index (χ2n) is 6.04. The summed E-state index contributed by atoms with van der Waals surface area (Å²) >= 11 is 5.99. The fourth-order valence-electron chi connectivity index (χ4n) is 3.65. The molecule has 114 valence electrons. The fourth-order valence-corrected chi connectivity index (χ4v) is 3.82. The van der Waals surface area contributed by atoms with Crippen molar-refractivity contribution in [1.82, 2.24) is 10.2 Å². The third-order valence-electron chi connectivity index (χ3n) is 4.84. The van der Waals surface area contributed by atoms with Crippen LogP contribution in [0.4, 0.5) is 0 Å². The van der Waals surface area contributed by atoms with E-state index in [-0.39, 0.29) is 11.9 Å². The molecular weight excluding hydrogens is 288 g/mol. The smallest absolute Gasteiger partial charge is 0.255 e. The van der Waals surface area contributed by atoms with Gasteiger partial charge in [-0.25, -0.2) is 0 Å². The van der Waals surface area contributed by atoms with Crippen LogP contribution in [-0.4, -0.2) is 43.1 Å². The van der Waals surface area contributed by atoms with Crippen LogP contribution in [0.2, 0.25) is 5.02 Å². The van der Waals surface area contributed by atoms with E-state index in [9.17, 15) is 4.79 Å². The summed E-state index contributed by atoms with van der Waals surface area (Å²) in [5.74, 6) is 0.469. The van der Waals surface area contributed by atoms with Gasteiger partial charge in [0, 0.05) is 23.1 Å². The molecule has 1 aromatic rings. The van der Waals surface area contributed by atoms with Gasteiger partial charge < -0.3 is 15.0 Å². The molecule has 0 radical (unpaired) electrons. The summed E-state index contributed by atoms with van der Waals surface area (Å²) in [4.78, 5) is 15.0.